The third-order valence-corrected chi connectivity index (χ3v) is 20.9. The van der Waals surface area contributed by atoms with Crippen LogP contribution in [0.5, 0.6) is 0 Å². The number of ether oxygens (including phenoxy) is 11. The number of hydrogen-bond acceptors (Lipinski definition) is 20. The second-order valence-electron chi connectivity index (χ2n) is 26.2. The summed E-state index contributed by atoms with van der Waals surface area (Å²) in [5.74, 6) is -5.07. The molecule has 7 fully saturated rings. The summed E-state index contributed by atoms with van der Waals surface area (Å²) in [4.78, 5) is 116. The molecule has 7 aliphatic rings. The maximum atomic E-state index is 14.0. The van der Waals surface area contributed by atoms with Crippen molar-refractivity contribution >= 4 is 53.7 Å². The first-order chi connectivity index (χ1) is 37.3. The van der Waals surface area contributed by atoms with Gasteiger partial charge >= 0.3 is 53.7 Å². The lowest BCUT2D eigenvalue weighted by molar-refractivity contribution is -0.343. The van der Waals surface area contributed by atoms with Crippen LogP contribution in [0.3, 0.4) is 0 Å². The molecule has 0 bridgehead atoms. The normalized spacial score (nSPS) is 41.0. The second kappa shape index (κ2) is 24.2. The van der Waals surface area contributed by atoms with Crippen molar-refractivity contribution < 1.29 is 95.3 Å². The summed E-state index contributed by atoms with van der Waals surface area (Å²) in [5, 5.41) is 0. The average molecular weight is 1130 g/mol. The summed E-state index contributed by atoms with van der Waals surface area (Å²) < 4.78 is 63.8. The molecule has 0 amide bonds. The third-order valence-electron chi connectivity index (χ3n) is 20.9. The Morgan fingerprint density at radius 2 is 0.863 bits per heavy atom. The molecule has 0 radical (unpaired) electrons. The molecule has 0 aromatic carbocycles. The van der Waals surface area contributed by atoms with Gasteiger partial charge in [-0.3, -0.25) is 43.2 Å². The molecule has 0 aromatic rings. The number of fused-ring (bicyclic) bond motifs is 7. The fourth-order valence-electron chi connectivity index (χ4n) is 18.0. The summed E-state index contributed by atoms with van der Waals surface area (Å²) in [5.41, 5.74) is 1.47. The van der Waals surface area contributed by atoms with Crippen molar-refractivity contribution in [2.75, 3.05) is 6.61 Å². The Balaban J connectivity index is 1.11. The van der Waals surface area contributed by atoms with Crippen LogP contribution in [0.15, 0.2) is 0 Å². The Morgan fingerprint density at radius 1 is 0.450 bits per heavy atom. The molecule has 1 saturated heterocycles. The van der Waals surface area contributed by atoms with Crippen LogP contribution in [0.1, 0.15) is 187 Å². The molecule has 21 atom stereocenters. The van der Waals surface area contributed by atoms with Crippen molar-refractivity contribution in [1.29, 1.82) is 0 Å². The van der Waals surface area contributed by atoms with Gasteiger partial charge in [-0.05, 0) is 133 Å². The topological polar surface area (TPSA) is 255 Å². The molecule has 0 N–H and O–H groups in total. The number of carbonyl (C=O) groups excluding carboxylic acids is 9. The van der Waals surface area contributed by atoms with E-state index in [1.807, 2.05) is 0 Å². The minimum atomic E-state index is -1.98. The lowest BCUT2D eigenvalue weighted by atomic mass is 9.32. The van der Waals surface area contributed by atoms with Crippen molar-refractivity contribution in [1.82, 2.24) is 0 Å². The minimum Gasteiger partial charge on any atom is -0.463 e. The van der Waals surface area contributed by atoms with Gasteiger partial charge in [0.1, 0.15) is 18.8 Å². The quantitative estimate of drug-likeness (QED) is 0.105. The number of esters is 9. The summed E-state index contributed by atoms with van der Waals surface area (Å²) >= 11 is 0. The van der Waals surface area contributed by atoms with E-state index in [2.05, 4.69) is 48.5 Å². The first kappa shape index (κ1) is 62.7. The van der Waals surface area contributed by atoms with Gasteiger partial charge in [-0.1, -0.05) is 54.9 Å². The fraction of sp³-hybridized carbons (Fsp3) is 0.850. The molecule has 20 nitrogen and oxygen atoms in total. The molecule has 0 spiro atoms. The minimum absolute atomic E-state index is 0.0429. The van der Waals surface area contributed by atoms with Crippen LogP contribution in [0.25, 0.3) is 0 Å². The maximum absolute atomic E-state index is 14.0. The van der Waals surface area contributed by atoms with E-state index in [4.69, 9.17) is 52.1 Å². The van der Waals surface area contributed by atoms with E-state index in [0.717, 1.165) is 80.1 Å². The molecule has 20 heteroatoms. The van der Waals surface area contributed by atoms with E-state index >= 15 is 0 Å². The molecule has 80 heavy (non-hydrogen) atoms. The van der Waals surface area contributed by atoms with Crippen LogP contribution in [-0.4, -0.2) is 128 Å². The Kier molecular flexibility index (Phi) is 18.9. The van der Waals surface area contributed by atoms with Gasteiger partial charge in [0.05, 0.1) is 0 Å². The maximum Gasteiger partial charge on any atom is 0.305 e. The predicted octanol–water partition coefficient (Wildman–Crippen LogP) is 8.01. The summed E-state index contributed by atoms with van der Waals surface area (Å²) in [6.45, 7) is 25.4. The Hall–Kier alpha value is -4.85. The highest BCUT2D eigenvalue weighted by atomic mass is 16.8. The first-order valence-corrected chi connectivity index (χ1v) is 29.1. The monoisotopic (exact) mass is 1130 g/mol. The van der Waals surface area contributed by atoms with E-state index in [1.54, 1.807) is 0 Å². The molecular formula is C60H90O20. The van der Waals surface area contributed by atoms with Gasteiger partial charge in [-0.25, -0.2) is 0 Å². The van der Waals surface area contributed by atoms with Crippen molar-refractivity contribution in [2.24, 2.45) is 62.6 Å². The number of hydrogen-bond donors (Lipinski definition) is 0. The zero-order valence-electron chi connectivity index (χ0n) is 49.9. The fourth-order valence-corrected chi connectivity index (χ4v) is 18.0. The highest BCUT2D eigenvalue weighted by Crippen LogP contribution is 2.78. The van der Waals surface area contributed by atoms with Gasteiger partial charge in [0.2, 0.25) is 0 Å². The van der Waals surface area contributed by atoms with Gasteiger partial charge in [-0.2, -0.15) is 0 Å². The standard InChI is InChI=1S/C60H90O20/c1-30(39-21-26-57(12)40(39)22-27-59(14)43(57)18-19-44-58(13)25-16-24-56(10,11)42(58)23-28-60(44,59)15)17-20-45(69)70-29-41-46(71-31(2)61)47(72-32(3)62)54(78-38(9)68)55(79-41)80-53-51(76-36(7)66)49(74-34(5)64)48(73-33(4)63)50(75-35(6)65)52(53)77-37(8)67/h30,39-44,46-55H,16-29H2,1-15H3/t30-,39-,40+,41-,42+,43-,44-,46-,47+,48?,49-,50+,51+,52-,53?,54+,55-,57+,58+,59-,60-/m1/s1. The zero-order chi connectivity index (χ0) is 59.2. The molecule has 1 aliphatic heterocycles. The molecule has 7 rings (SSSR count). The molecule has 6 aliphatic carbocycles. The SMILES string of the molecule is CC(=O)OC1[C@@H](OC(C)=O)[C@H](OC(C)=O)C(O[C@H]2O[C@H](COC(=O)CC[C@@H](C)[C@H]3CC[C@]4(C)[C@H]5CC[C@@H]6[C@@]7(C)CCCC(C)(C)[C@@H]7CC[C@@]6(C)[C@]5(C)CC[C@@H]34)[C@@H](OC(C)=O)[C@H](OC(C)=O)[C@@H]2OC(C)=O)[C@H](OC(C)=O)[C@H]1OC(C)=O. The summed E-state index contributed by atoms with van der Waals surface area (Å²) in [6, 6.07) is 0. The lowest BCUT2D eigenvalue weighted by Crippen LogP contribution is -2.70. The van der Waals surface area contributed by atoms with Gasteiger partial charge < -0.3 is 52.1 Å². The van der Waals surface area contributed by atoms with Gasteiger partial charge in [0.25, 0.3) is 0 Å². The molecule has 6 saturated carbocycles. The van der Waals surface area contributed by atoms with Crippen LogP contribution in [0.2, 0.25) is 0 Å². The van der Waals surface area contributed by atoms with Gasteiger partial charge in [0.15, 0.2) is 55.1 Å². The van der Waals surface area contributed by atoms with Crippen molar-refractivity contribution in [3.8, 4) is 0 Å². The molecule has 1 heterocycles. The Morgan fingerprint density at radius 3 is 1.34 bits per heavy atom. The Bertz CT molecular complexity index is 2320. The molecule has 450 valence electrons. The van der Waals surface area contributed by atoms with Gasteiger partial charge in [-0.15, -0.1) is 0 Å². The van der Waals surface area contributed by atoms with Crippen LogP contribution < -0.4 is 0 Å². The van der Waals surface area contributed by atoms with Crippen LogP contribution in [0, 0.1) is 62.6 Å². The summed E-state index contributed by atoms with van der Waals surface area (Å²) in [6.07, 6.45) is -5.42. The van der Waals surface area contributed by atoms with Crippen molar-refractivity contribution in [3.05, 3.63) is 0 Å². The van der Waals surface area contributed by atoms with Crippen molar-refractivity contribution in [3.63, 3.8) is 0 Å². The van der Waals surface area contributed by atoms with E-state index in [0.29, 0.717) is 35.0 Å². The average Bonchev–Trinajstić information content (AvgIpc) is 3.88. The lowest BCUT2D eigenvalue weighted by Gasteiger charge is -2.73. The highest BCUT2D eigenvalue weighted by molar-refractivity contribution is 5.71. The summed E-state index contributed by atoms with van der Waals surface area (Å²) in [7, 11) is 0. The van der Waals surface area contributed by atoms with E-state index in [9.17, 15) is 43.2 Å². The third kappa shape index (κ3) is 12.4. The van der Waals surface area contributed by atoms with E-state index in [-0.39, 0.29) is 28.6 Å². The van der Waals surface area contributed by atoms with Crippen LogP contribution >= 0.6 is 0 Å². The molecular weight excluding hydrogens is 1040 g/mol. The highest BCUT2D eigenvalue weighted by Gasteiger charge is 2.71. The van der Waals surface area contributed by atoms with Gasteiger partial charge in [0, 0.05) is 61.8 Å². The van der Waals surface area contributed by atoms with Crippen molar-refractivity contribution in [2.45, 2.75) is 255 Å². The molecule has 2 unspecified atom stereocenters. The zero-order valence-corrected chi connectivity index (χ0v) is 49.9. The smallest absolute Gasteiger partial charge is 0.305 e. The van der Waals surface area contributed by atoms with E-state index < -0.39 is 128 Å². The van der Waals surface area contributed by atoms with Crippen LogP contribution in [0.4, 0.5) is 0 Å². The Labute approximate surface area is 471 Å². The first-order valence-electron chi connectivity index (χ1n) is 29.1. The largest absolute Gasteiger partial charge is 0.463 e. The number of carbonyl (C=O) groups is 9. The predicted molar refractivity (Wildman–Crippen MR) is 282 cm³/mol. The van der Waals surface area contributed by atoms with Crippen LogP contribution in [-0.2, 0) is 95.3 Å². The van der Waals surface area contributed by atoms with E-state index in [1.165, 1.54) is 57.8 Å². The number of rotatable bonds is 16. The second-order valence-corrected chi connectivity index (χ2v) is 26.2. The molecule has 0 aromatic heterocycles.